The number of hydrogen-bond donors (Lipinski definition) is 1. The SMILES string of the molecule is CCc1ccccc1N1C(N)=C(C#N)C(c2cc(C)cc(COc3ccccc3Cl)c2C)C2=C1CCCC2=O. The van der Waals surface area contributed by atoms with Crippen LogP contribution in [-0.4, -0.2) is 5.78 Å². The molecule has 0 radical (unpaired) electrons. The van der Waals surface area contributed by atoms with Crippen LogP contribution in [0.2, 0.25) is 5.02 Å². The van der Waals surface area contributed by atoms with Crippen molar-refractivity contribution in [3.8, 4) is 11.8 Å². The van der Waals surface area contributed by atoms with Gasteiger partial charge in [-0.25, -0.2) is 0 Å². The lowest BCUT2D eigenvalue weighted by molar-refractivity contribution is -0.116. The van der Waals surface area contributed by atoms with E-state index in [9.17, 15) is 10.1 Å². The molecule has 1 heterocycles. The van der Waals surface area contributed by atoms with Crippen molar-refractivity contribution < 1.29 is 9.53 Å². The average molecular weight is 538 g/mol. The van der Waals surface area contributed by atoms with Crippen molar-refractivity contribution in [3.63, 3.8) is 0 Å². The second-order valence-electron chi connectivity index (χ2n) is 10.2. The summed E-state index contributed by atoms with van der Waals surface area (Å²) in [5.74, 6) is 0.558. The Morgan fingerprint density at radius 3 is 2.56 bits per heavy atom. The van der Waals surface area contributed by atoms with Crippen LogP contribution in [0, 0.1) is 25.2 Å². The van der Waals surface area contributed by atoms with Crippen molar-refractivity contribution in [2.45, 2.75) is 59.0 Å². The first-order valence-electron chi connectivity index (χ1n) is 13.4. The Labute approximate surface area is 235 Å². The second-order valence-corrected chi connectivity index (χ2v) is 10.6. The Kier molecular flexibility index (Phi) is 7.50. The van der Waals surface area contributed by atoms with E-state index < -0.39 is 5.92 Å². The van der Waals surface area contributed by atoms with Gasteiger partial charge in [0.1, 0.15) is 18.2 Å². The quantitative estimate of drug-likeness (QED) is 0.354. The third-order valence-corrected chi connectivity index (χ3v) is 8.07. The fourth-order valence-corrected chi connectivity index (χ4v) is 6.02. The number of benzene rings is 3. The Morgan fingerprint density at radius 2 is 1.82 bits per heavy atom. The van der Waals surface area contributed by atoms with Gasteiger partial charge < -0.3 is 10.5 Å². The van der Waals surface area contributed by atoms with Crippen LogP contribution in [0.15, 0.2) is 83.3 Å². The number of nitrogens with zero attached hydrogens (tertiary/aromatic N) is 2. The van der Waals surface area contributed by atoms with E-state index in [1.807, 2.05) is 55.1 Å². The molecule has 5 rings (SSSR count). The van der Waals surface area contributed by atoms with E-state index >= 15 is 0 Å². The van der Waals surface area contributed by atoms with Gasteiger partial charge >= 0.3 is 0 Å². The Bertz CT molecular complexity index is 1560. The Balaban J connectivity index is 1.66. The van der Waals surface area contributed by atoms with Crippen LogP contribution in [-0.2, 0) is 17.8 Å². The fourth-order valence-electron chi connectivity index (χ4n) is 5.83. The summed E-state index contributed by atoms with van der Waals surface area (Å²) >= 11 is 6.32. The molecule has 0 fully saturated rings. The van der Waals surface area contributed by atoms with Crippen LogP contribution < -0.4 is 15.4 Å². The number of ether oxygens (including phenoxy) is 1. The Morgan fingerprint density at radius 1 is 1.08 bits per heavy atom. The molecule has 198 valence electrons. The molecule has 0 saturated heterocycles. The van der Waals surface area contributed by atoms with Gasteiger partial charge in [-0.1, -0.05) is 66.6 Å². The van der Waals surface area contributed by atoms with Crippen LogP contribution in [0.5, 0.6) is 5.75 Å². The highest BCUT2D eigenvalue weighted by Crippen LogP contribution is 2.48. The molecule has 0 spiro atoms. The van der Waals surface area contributed by atoms with Crippen LogP contribution in [0.25, 0.3) is 0 Å². The third kappa shape index (κ3) is 4.82. The first-order valence-corrected chi connectivity index (χ1v) is 13.7. The molecule has 6 heteroatoms. The molecule has 2 aliphatic rings. The van der Waals surface area contributed by atoms with Crippen LogP contribution in [0.1, 0.15) is 59.9 Å². The second kappa shape index (κ2) is 11.0. The predicted molar refractivity (Wildman–Crippen MR) is 155 cm³/mol. The monoisotopic (exact) mass is 537 g/mol. The number of Topliss-reactive ketones (excluding diaryl/α,β-unsaturated/α-hetero) is 1. The summed E-state index contributed by atoms with van der Waals surface area (Å²) in [5, 5.41) is 11.0. The van der Waals surface area contributed by atoms with Crippen LogP contribution in [0.3, 0.4) is 0 Å². The molecule has 39 heavy (non-hydrogen) atoms. The number of ketones is 1. The number of nitriles is 1. The molecule has 0 saturated carbocycles. The summed E-state index contributed by atoms with van der Waals surface area (Å²) in [7, 11) is 0. The van der Waals surface area contributed by atoms with Gasteiger partial charge in [0.2, 0.25) is 0 Å². The van der Waals surface area contributed by atoms with E-state index in [4.69, 9.17) is 22.1 Å². The van der Waals surface area contributed by atoms with E-state index in [1.165, 1.54) is 0 Å². The standard InChI is InChI=1S/C33H32ClN3O2/c1-4-22-10-5-7-12-27(22)37-28-13-9-14-29(38)32(28)31(25(18-35)33(37)36)24-17-20(2)16-23(21(24)3)19-39-30-15-8-6-11-26(30)34/h5-8,10-12,15-17,31H,4,9,13-14,19,36H2,1-3H3. The van der Waals surface area contributed by atoms with Crippen molar-refractivity contribution >= 4 is 23.1 Å². The van der Waals surface area contributed by atoms with E-state index in [0.29, 0.717) is 40.8 Å². The number of allylic oxidation sites excluding steroid dienone is 3. The number of hydrogen-bond acceptors (Lipinski definition) is 5. The average Bonchev–Trinajstić information content (AvgIpc) is 2.93. The lowest BCUT2D eigenvalue weighted by atomic mass is 9.73. The summed E-state index contributed by atoms with van der Waals surface area (Å²) < 4.78 is 6.08. The topological polar surface area (TPSA) is 79.3 Å². The molecule has 1 unspecified atom stereocenters. The minimum absolute atomic E-state index is 0.0789. The molecule has 2 N–H and O–H groups in total. The predicted octanol–water partition coefficient (Wildman–Crippen LogP) is 7.40. The summed E-state index contributed by atoms with van der Waals surface area (Å²) in [6, 6.07) is 22.0. The third-order valence-electron chi connectivity index (χ3n) is 7.76. The molecule has 5 nitrogen and oxygen atoms in total. The van der Waals surface area contributed by atoms with E-state index in [1.54, 1.807) is 6.07 Å². The zero-order chi connectivity index (χ0) is 27.7. The molecular formula is C33H32ClN3O2. The van der Waals surface area contributed by atoms with Crippen molar-refractivity contribution in [2.75, 3.05) is 4.90 Å². The summed E-state index contributed by atoms with van der Waals surface area (Å²) in [5.41, 5.74) is 14.8. The molecule has 1 atom stereocenters. The van der Waals surface area contributed by atoms with Crippen molar-refractivity contribution in [1.29, 1.82) is 5.26 Å². The number of carbonyl (C=O) groups is 1. The number of halogens is 1. The number of aryl methyl sites for hydroxylation is 2. The lowest BCUT2D eigenvalue weighted by Crippen LogP contribution is -2.39. The molecule has 1 aliphatic heterocycles. The highest BCUT2D eigenvalue weighted by molar-refractivity contribution is 6.32. The number of nitrogens with two attached hydrogens (primary N) is 1. The van der Waals surface area contributed by atoms with Crippen LogP contribution >= 0.6 is 11.6 Å². The summed E-state index contributed by atoms with van der Waals surface area (Å²) in [6.07, 6.45) is 2.76. The molecule has 0 bridgehead atoms. The van der Waals surface area contributed by atoms with Gasteiger partial charge in [0, 0.05) is 17.7 Å². The Hall–Kier alpha value is -4.01. The van der Waals surface area contributed by atoms with Gasteiger partial charge in [0.15, 0.2) is 5.78 Å². The number of anilines is 1. The lowest BCUT2D eigenvalue weighted by Gasteiger charge is -2.40. The highest BCUT2D eigenvalue weighted by atomic mass is 35.5. The van der Waals surface area contributed by atoms with E-state index in [0.717, 1.165) is 58.5 Å². The molecule has 3 aromatic rings. The first kappa shape index (κ1) is 26.6. The maximum absolute atomic E-state index is 13.6. The van der Waals surface area contributed by atoms with Gasteiger partial charge in [-0.15, -0.1) is 0 Å². The van der Waals surface area contributed by atoms with Crippen molar-refractivity contribution in [1.82, 2.24) is 0 Å². The summed E-state index contributed by atoms with van der Waals surface area (Å²) in [4.78, 5) is 15.6. The molecule has 1 aliphatic carbocycles. The number of carbonyl (C=O) groups excluding carboxylic acids is 1. The minimum Gasteiger partial charge on any atom is -0.487 e. The largest absolute Gasteiger partial charge is 0.487 e. The maximum atomic E-state index is 13.6. The van der Waals surface area contributed by atoms with Gasteiger partial charge in [-0.3, -0.25) is 9.69 Å². The minimum atomic E-state index is -0.526. The van der Waals surface area contributed by atoms with E-state index in [-0.39, 0.29) is 5.78 Å². The number of para-hydroxylation sites is 2. The highest BCUT2D eigenvalue weighted by Gasteiger charge is 2.41. The van der Waals surface area contributed by atoms with E-state index in [2.05, 4.69) is 31.2 Å². The van der Waals surface area contributed by atoms with Gasteiger partial charge in [-0.05, 0) is 73.6 Å². The smallest absolute Gasteiger partial charge is 0.161 e. The van der Waals surface area contributed by atoms with Gasteiger partial charge in [0.05, 0.1) is 28.3 Å². The maximum Gasteiger partial charge on any atom is 0.161 e. The number of rotatable bonds is 6. The zero-order valence-electron chi connectivity index (χ0n) is 22.6. The fraction of sp³-hybridized carbons (Fsp3) is 0.273. The summed E-state index contributed by atoms with van der Waals surface area (Å²) in [6.45, 7) is 6.46. The van der Waals surface area contributed by atoms with Crippen LogP contribution in [0.4, 0.5) is 5.69 Å². The van der Waals surface area contributed by atoms with Gasteiger partial charge in [0.25, 0.3) is 0 Å². The normalized spacial score (nSPS) is 17.3. The molecule has 0 aromatic heterocycles. The van der Waals surface area contributed by atoms with Crippen molar-refractivity contribution in [3.05, 3.63) is 116 Å². The van der Waals surface area contributed by atoms with Gasteiger partial charge in [-0.2, -0.15) is 5.26 Å². The first-order chi connectivity index (χ1) is 18.8. The molecule has 3 aromatic carbocycles. The molecule has 0 amide bonds. The zero-order valence-corrected chi connectivity index (χ0v) is 23.3. The molecular weight excluding hydrogens is 506 g/mol. The van der Waals surface area contributed by atoms with Crippen molar-refractivity contribution in [2.24, 2.45) is 5.73 Å².